The minimum atomic E-state index is -0.119. The number of hydrogen-bond donors (Lipinski definition) is 0. The molecule has 0 amide bonds. The van der Waals surface area contributed by atoms with E-state index in [1.54, 1.807) is 0 Å². The number of benzene rings is 2. The molecule has 0 spiro atoms. The lowest BCUT2D eigenvalue weighted by Gasteiger charge is -2.28. The number of morpholine rings is 1. The standard InChI is InChI=1S/C29H34N2O5/c1-3-34-28(32)19-23-5-4-22-18-25(10-11-26(22)23)35-15-12-27-20(2)36-29(30-27)21-6-8-24(9-7-21)31-13-16-33-17-14-31/h6-11,18,23H,3-5,12-17,19H2,1-2H3/t23-/m0/s1. The van der Waals surface area contributed by atoms with Gasteiger partial charge in [-0.1, -0.05) is 6.07 Å². The zero-order valence-electron chi connectivity index (χ0n) is 21.1. The summed E-state index contributed by atoms with van der Waals surface area (Å²) in [5.41, 5.74) is 5.59. The molecule has 0 N–H and O–H groups in total. The Labute approximate surface area is 212 Å². The predicted octanol–water partition coefficient (Wildman–Crippen LogP) is 5.09. The largest absolute Gasteiger partial charge is 0.493 e. The third kappa shape index (κ3) is 5.57. The number of rotatable bonds is 9. The number of nitrogens with zero attached hydrogens (tertiary/aromatic N) is 2. The van der Waals surface area contributed by atoms with E-state index in [0.717, 1.165) is 61.9 Å². The SMILES string of the molecule is CCOC(=O)C[C@@H]1CCc2cc(OCCc3nc(-c4ccc(N5CCOCC5)cc4)oc3C)ccc21. The predicted molar refractivity (Wildman–Crippen MR) is 138 cm³/mol. The first kappa shape index (κ1) is 24.4. The molecule has 1 aromatic heterocycles. The van der Waals surface area contributed by atoms with Crippen LogP contribution in [0.1, 0.15) is 48.3 Å². The van der Waals surface area contributed by atoms with E-state index in [9.17, 15) is 4.79 Å². The number of fused-ring (bicyclic) bond motifs is 1. The Morgan fingerprint density at radius 1 is 1.14 bits per heavy atom. The summed E-state index contributed by atoms with van der Waals surface area (Å²) < 4.78 is 22.6. The first-order valence-electron chi connectivity index (χ1n) is 12.9. The summed E-state index contributed by atoms with van der Waals surface area (Å²) in [5, 5.41) is 0. The first-order chi connectivity index (χ1) is 17.6. The van der Waals surface area contributed by atoms with Gasteiger partial charge in [0.1, 0.15) is 11.5 Å². The van der Waals surface area contributed by atoms with Crippen LogP contribution in [0.4, 0.5) is 5.69 Å². The van der Waals surface area contributed by atoms with E-state index in [-0.39, 0.29) is 11.9 Å². The van der Waals surface area contributed by atoms with Crippen LogP contribution in [-0.4, -0.2) is 50.5 Å². The zero-order valence-corrected chi connectivity index (χ0v) is 21.1. The molecule has 0 unspecified atom stereocenters. The van der Waals surface area contributed by atoms with E-state index in [4.69, 9.17) is 23.6 Å². The third-order valence-electron chi connectivity index (χ3n) is 7.03. The van der Waals surface area contributed by atoms with Crippen LogP contribution >= 0.6 is 0 Å². The average Bonchev–Trinajstić information content (AvgIpc) is 3.47. The van der Waals surface area contributed by atoms with Crippen molar-refractivity contribution in [2.75, 3.05) is 44.4 Å². The molecular weight excluding hydrogens is 456 g/mol. The van der Waals surface area contributed by atoms with E-state index in [1.807, 2.05) is 19.9 Å². The van der Waals surface area contributed by atoms with Gasteiger partial charge in [0.2, 0.25) is 5.89 Å². The van der Waals surface area contributed by atoms with Crippen molar-refractivity contribution in [3.63, 3.8) is 0 Å². The maximum atomic E-state index is 11.9. The molecule has 1 saturated heterocycles. The molecule has 36 heavy (non-hydrogen) atoms. The highest BCUT2D eigenvalue weighted by molar-refractivity contribution is 5.71. The summed E-state index contributed by atoms with van der Waals surface area (Å²) in [4.78, 5) is 19.0. The van der Waals surface area contributed by atoms with Gasteiger partial charge >= 0.3 is 5.97 Å². The van der Waals surface area contributed by atoms with Gasteiger partial charge in [-0.05, 0) is 80.1 Å². The molecule has 5 rings (SSSR count). The van der Waals surface area contributed by atoms with Crippen molar-refractivity contribution in [3.8, 4) is 17.2 Å². The fraction of sp³-hybridized carbons (Fsp3) is 0.448. The second-order valence-corrected chi connectivity index (χ2v) is 9.37. The summed E-state index contributed by atoms with van der Waals surface area (Å²) in [6.45, 7) is 8.12. The van der Waals surface area contributed by atoms with Gasteiger partial charge in [0.15, 0.2) is 0 Å². The second-order valence-electron chi connectivity index (χ2n) is 9.37. The number of aryl methyl sites for hydroxylation is 2. The van der Waals surface area contributed by atoms with Gasteiger partial charge in [0.05, 0.1) is 38.5 Å². The van der Waals surface area contributed by atoms with E-state index in [1.165, 1.54) is 16.8 Å². The Balaban J connectivity index is 1.16. The molecule has 2 aromatic carbocycles. The van der Waals surface area contributed by atoms with Crippen LogP contribution < -0.4 is 9.64 Å². The van der Waals surface area contributed by atoms with Crippen molar-refractivity contribution in [3.05, 3.63) is 65.0 Å². The smallest absolute Gasteiger partial charge is 0.306 e. The lowest BCUT2D eigenvalue weighted by molar-refractivity contribution is -0.143. The minimum absolute atomic E-state index is 0.119. The normalized spacial score (nSPS) is 17.2. The van der Waals surface area contributed by atoms with Crippen molar-refractivity contribution >= 4 is 11.7 Å². The van der Waals surface area contributed by atoms with Crippen LogP contribution in [0.3, 0.4) is 0 Å². The van der Waals surface area contributed by atoms with Crippen molar-refractivity contribution < 1.29 is 23.4 Å². The Morgan fingerprint density at radius 2 is 1.94 bits per heavy atom. The summed E-state index contributed by atoms with van der Waals surface area (Å²) in [6, 6.07) is 14.6. The molecule has 0 saturated carbocycles. The maximum Gasteiger partial charge on any atom is 0.306 e. The molecule has 1 aliphatic carbocycles. The lowest BCUT2D eigenvalue weighted by atomic mass is 9.98. The van der Waals surface area contributed by atoms with Crippen LogP contribution in [0.2, 0.25) is 0 Å². The fourth-order valence-electron chi connectivity index (χ4n) is 5.09. The lowest BCUT2D eigenvalue weighted by Crippen LogP contribution is -2.36. The molecular formula is C29H34N2O5. The summed E-state index contributed by atoms with van der Waals surface area (Å²) in [7, 11) is 0. The van der Waals surface area contributed by atoms with Crippen LogP contribution in [-0.2, 0) is 27.1 Å². The molecule has 7 nitrogen and oxygen atoms in total. The number of oxazole rings is 1. The van der Waals surface area contributed by atoms with Gasteiger partial charge in [-0.15, -0.1) is 0 Å². The molecule has 3 aromatic rings. The molecule has 190 valence electrons. The van der Waals surface area contributed by atoms with Crippen molar-refractivity contribution in [1.82, 2.24) is 4.98 Å². The summed E-state index contributed by atoms with van der Waals surface area (Å²) in [5.74, 6) is 2.44. The van der Waals surface area contributed by atoms with E-state index in [0.29, 0.717) is 31.9 Å². The average molecular weight is 491 g/mol. The molecule has 2 aliphatic rings. The highest BCUT2D eigenvalue weighted by atomic mass is 16.5. The Kier molecular flexibility index (Phi) is 7.56. The van der Waals surface area contributed by atoms with Crippen LogP contribution in [0.25, 0.3) is 11.5 Å². The van der Waals surface area contributed by atoms with E-state index >= 15 is 0 Å². The highest BCUT2D eigenvalue weighted by Gasteiger charge is 2.25. The number of hydrogen-bond acceptors (Lipinski definition) is 7. The van der Waals surface area contributed by atoms with E-state index < -0.39 is 0 Å². The molecule has 7 heteroatoms. The first-order valence-corrected chi connectivity index (χ1v) is 12.9. The monoisotopic (exact) mass is 490 g/mol. The van der Waals surface area contributed by atoms with Gasteiger partial charge in [-0.3, -0.25) is 4.79 Å². The van der Waals surface area contributed by atoms with Gasteiger partial charge < -0.3 is 23.5 Å². The third-order valence-corrected chi connectivity index (χ3v) is 7.03. The number of carbonyl (C=O) groups excluding carboxylic acids is 1. The molecule has 1 fully saturated rings. The molecule has 0 radical (unpaired) electrons. The van der Waals surface area contributed by atoms with Crippen molar-refractivity contribution in [2.45, 2.75) is 45.4 Å². The molecule has 1 aliphatic heterocycles. The van der Waals surface area contributed by atoms with Crippen molar-refractivity contribution in [1.29, 1.82) is 0 Å². The topological polar surface area (TPSA) is 74.0 Å². The second kappa shape index (κ2) is 11.2. The number of ether oxygens (including phenoxy) is 3. The number of aromatic nitrogens is 1. The van der Waals surface area contributed by atoms with E-state index in [2.05, 4.69) is 41.3 Å². The number of anilines is 1. The molecule has 0 bridgehead atoms. The highest BCUT2D eigenvalue weighted by Crippen LogP contribution is 2.37. The van der Waals surface area contributed by atoms with Crippen LogP contribution in [0.15, 0.2) is 46.9 Å². The quantitative estimate of drug-likeness (QED) is 0.387. The Hall–Kier alpha value is -3.32. The summed E-state index contributed by atoms with van der Waals surface area (Å²) >= 11 is 0. The Bertz CT molecular complexity index is 1180. The minimum Gasteiger partial charge on any atom is -0.493 e. The number of esters is 1. The van der Waals surface area contributed by atoms with Crippen molar-refractivity contribution in [2.24, 2.45) is 0 Å². The van der Waals surface area contributed by atoms with Gasteiger partial charge in [-0.25, -0.2) is 4.98 Å². The summed E-state index contributed by atoms with van der Waals surface area (Å²) in [6.07, 6.45) is 3.06. The van der Waals surface area contributed by atoms with Crippen LogP contribution in [0.5, 0.6) is 5.75 Å². The molecule has 1 atom stereocenters. The molecule has 2 heterocycles. The van der Waals surface area contributed by atoms with Gasteiger partial charge in [0, 0.05) is 30.8 Å². The fourth-order valence-corrected chi connectivity index (χ4v) is 5.09. The maximum absolute atomic E-state index is 11.9. The number of carbonyl (C=O) groups is 1. The van der Waals surface area contributed by atoms with Crippen LogP contribution in [0, 0.1) is 6.92 Å². The van der Waals surface area contributed by atoms with Gasteiger partial charge in [-0.2, -0.15) is 0 Å². The zero-order chi connectivity index (χ0) is 24.9. The Morgan fingerprint density at radius 3 is 2.72 bits per heavy atom. The van der Waals surface area contributed by atoms with Gasteiger partial charge in [0.25, 0.3) is 0 Å².